The van der Waals surface area contributed by atoms with Gasteiger partial charge in [-0.05, 0) is 19.1 Å². The van der Waals surface area contributed by atoms with Crippen molar-refractivity contribution < 1.29 is 24.2 Å². The standard InChI is InChI=1S/C22H21Cl3N4O5S/c1-2-34-22(32)16-14(8-29-5-6-33-9-15(29)21(30)31)27-20(18-19(25)35-10-26-18)28-17(16)12-4-3-11(23)7-13(12)24/h3-4,7,10,15,17H,2,5-6,8-9H2,1H3,(H,27,28)(H,30,31). The predicted molar refractivity (Wildman–Crippen MR) is 133 cm³/mol. The van der Waals surface area contributed by atoms with Gasteiger partial charge in [0.05, 0.1) is 30.9 Å². The van der Waals surface area contributed by atoms with E-state index in [2.05, 4.69) is 10.3 Å². The topological polar surface area (TPSA) is 113 Å². The van der Waals surface area contributed by atoms with E-state index in [1.54, 1.807) is 35.5 Å². The average molecular weight is 560 g/mol. The van der Waals surface area contributed by atoms with Gasteiger partial charge in [-0.3, -0.25) is 14.7 Å². The molecule has 35 heavy (non-hydrogen) atoms. The van der Waals surface area contributed by atoms with E-state index in [4.69, 9.17) is 49.3 Å². The van der Waals surface area contributed by atoms with E-state index < -0.39 is 24.0 Å². The molecule has 1 fully saturated rings. The molecule has 0 bridgehead atoms. The maximum Gasteiger partial charge on any atom is 0.338 e. The Morgan fingerprint density at radius 2 is 2.14 bits per heavy atom. The number of aliphatic imine (C=N–C) groups is 1. The summed E-state index contributed by atoms with van der Waals surface area (Å²) in [5.74, 6) is -1.29. The van der Waals surface area contributed by atoms with Gasteiger partial charge in [0.1, 0.15) is 22.1 Å². The first kappa shape index (κ1) is 25.9. The third-order valence-corrected chi connectivity index (χ3v) is 7.13. The normalized spacial score (nSPS) is 20.9. The van der Waals surface area contributed by atoms with Crippen LogP contribution in [0.3, 0.4) is 0 Å². The number of aliphatic carboxylic acids is 1. The number of rotatable bonds is 7. The first-order valence-corrected chi connectivity index (χ1v) is 12.6. The van der Waals surface area contributed by atoms with E-state index in [0.717, 1.165) is 0 Å². The van der Waals surface area contributed by atoms with Crippen molar-refractivity contribution in [2.45, 2.75) is 19.0 Å². The number of nitrogens with one attached hydrogen (secondary N) is 1. The molecule has 2 aliphatic heterocycles. The maximum absolute atomic E-state index is 13.2. The van der Waals surface area contributed by atoms with Crippen molar-refractivity contribution in [1.29, 1.82) is 0 Å². The van der Waals surface area contributed by atoms with Crippen molar-refractivity contribution in [3.8, 4) is 0 Å². The van der Waals surface area contributed by atoms with Gasteiger partial charge >= 0.3 is 11.9 Å². The molecule has 1 saturated heterocycles. The van der Waals surface area contributed by atoms with Crippen LogP contribution in [-0.2, 0) is 19.1 Å². The van der Waals surface area contributed by atoms with Crippen LogP contribution in [0.25, 0.3) is 0 Å². The van der Waals surface area contributed by atoms with Crippen LogP contribution in [0.4, 0.5) is 0 Å². The minimum atomic E-state index is -1.02. The molecule has 2 unspecified atom stereocenters. The van der Waals surface area contributed by atoms with Gasteiger partial charge in [-0.1, -0.05) is 40.9 Å². The fourth-order valence-corrected chi connectivity index (χ4v) is 5.16. The Bertz CT molecular complexity index is 1200. The minimum absolute atomic E-state index is 0.0304. The second kappa shape index (κ2) is 11.2. The predicted octanol–water partition coefficient (Wildman–Crippen LogP) is 3.80. The second-order valence-corrected chi connectivity index (χ2v) is 9.96. The Morgan fingerprint density at radius 1 is 1.34 bits per heavy atom. The fourth-order valence-electron chi connectivity index (χ4n) is 3.88. The highest BCUT2D eigenvalue weighted by molar-refractivity contribution is 7.14. The summed E-state index contributed by atoms with van der Waals surface area (Å²) in [6.07, 6.45) is 0. The number of amidine groups is 1. The lowest BCUT2D eigenvalue weighted by Gasteiger charge is -2.35. The summed E-state index contributed by atoms with van der Waals surface area (Å²) in [5.41, 5.74) is 3.14. The van der Waals surface area contributed by atoms with Gasteiger partial charge in [0.2, 0.25) is 0 Å². The van der Waals surface area contributed by atoms with Gasteiger partial charge < -0.3 is 19.9 Å². The molecule has 1 aromatic heterocycles. The number of hydrogen-bond donors (Lipinski definition) is 2. The number of benzene rings is 1. The number of hydrogen-bond acceptors (Lipinski definition) is 9. The molecule has 0 spiro atoms. The number of nitrogens with zero attached hydrogens (tertiary/aromatic N) is 3. The van der Waals surface area contributed by atoms with Gasteiger partial charge in [0.25, 0.3) is 0 Å². The van der Waals surface area contributed by atoms with E-state index in [9.17, 15) is 14.7 Å². The van der Waals surface area contributed by atoms with Crippen LogP contribution in [0, 0.1) is 0 Å². The number of carboxylic acid groups (broad SMARTS) is 1. The Balaban J connectivity index is 1.85. The van der Waals surface area contributed by atoms with E-state index in [1.165, 1.54) is 11.3 Å². The molecule has 9 nitrogen and oxygen atoms in total. The van der Waals surface area contributed by atoms with Crippen molar-refractivity contribution in [3.05, 3.63) is 60.6 Å². The molecule has 4 rings (SSSR count). The number of carbonyl (C=O) groups is 2. The highest BCUT2D eigenvalue weighted by Crippen LogP contribution is 2.38. The zero-order valence-electron chi connectivity index (χ0n) is 18.5. The number of carboxylic acids is 1. The second-order valence-electron chi connectivity index (χ2n) is 7.66. The summed E-state index contributed by atoms with van der Waals surface area (Å²) >= 11 is 20.2. The molecule has 2 N–H and O–H groups in total. The molecule has 2 atom stereocenters. The van der Waals surface area contributed by atoms with Crippen LogP contribution < -0.4 is 5.32 Å². The van der Waals surface area contributed by atoms with E-state index >= 15 is 0 Å². The first-order chi connectivity index (χ1) is 16.8. The Labute approximate surface area is 220 Å². The lowest BCUT2D eigenvalue weighted by atomic mass is 9.94. The lowest BCUT2D eigenvalue weighted by molar-refractivity contribution is -0.149. The largest absolute Gasteiger partial charge is 0.480 e. The molecule has 0 aliphatic carbocycles. The summed E-state index contributed by atoms with van der Waals surface area (Å²) in [7, 11) is 0. The van der Waals surface area contributed by atoms with Gasteiger partial charge in [-0.25, -0.2) is 9.78 Å². The molecule has 13 heteroatoms. The smallest absolute Gasteiger partial charge is 0.338 e. The van der Waals surface area contributed by atoms with Crippen LogP contribution in [-0.4, -0.2) is 71.7 Å². The van der Waals surface area contributed by atoms with Gasteiger partial charge in [0.15, 0.2) is 5.84 Å². The first-order valence-electron chi connectivity index (χ1n) is 10.6. The summed E-state index contributed by atoms with van der Waals surface area (Å²) in [4.78, 5) is 35.9. The van der Waals surface area contributed by atoms with Crippen LogP contribution in [0.1, 0.15) is 24.2 Å². The van der Waals surface area contributed by atoms with Crippen LogP contribution in [0.15, 0.2) is 40.0 Å². The van der Waals surface area contributed by atoms with Crippen molar-refractivity contribution in [2.24, 2.45) is 4.99 Å². The van der Waals surface area contributed by atoms with Crippen molar-refractivity contribution in [1.82, 2.24) is 15.2 Å². The number of aromatic nitrogens is 1. The summed E-state index contributed by atoms with van der Waals surface area (Å²) in [6, 6.07) is 3.16. The van der Waals surface area contributed by atoms with E-state index in [1.807, 2.05) is 0 Å². The quantitative estimate of drug-likeness (QED) is 0.493. The molecular formula is C22H21Cl3N4O5S. The van der Waals surface area contributed by atoms with Crippen LogP contribution in [0.2, 0.25) is 14.4 Å². The summed E-state index contributed by atoms with van der Waals surface area (Å²) < 4.78 is 11.1. The van der Waals surface area contributed by atoms with Gasteiger partial charge in [-0.2, -0.15) is 0 Å². The van der Waals surface area contributed by atoms with Crippen molar-refractivity contribution in [2.75, 3.05) is 32.9 Å². The molecule has 0 amide bonds. The van der Waals surface area contributed by atoms with E-state index in [-0.39, 0.29) is 25.3 Å². The van der Waals surface area contributed by atoms with Gasteiger partial charge in [-0.15, -0.1) is 11.3 Å². The van der Waals surface area contributed by atoms with Crippen LogP contribution in [0.5, 0.6) is 0 Å². The fraction of sp³-hybridized carbons (Fsp3) is 0.364. The summed E-state index contributed by atoms with van der Waals surface area (Å²) in [6.45, 7) is 2.68. The Morgan fingerprint density at radius 3 is 2.80 bits per heavy atom. The Hall–Kier alpha value is -2.21. The third-order valence-electron chi connectivity index (χ3n) is 5.51. The monoisotopic (exact) mass is 558 g/mol. The molecule has 3 heterocycles. The molecule has 0 radical (unpaired) electrons. The number of thiazole rings is 1. The molecule has 1 aromatic carbocycles. The molecule has 0 saturated carbocycles. The highest BCUT2D eigenvalue weighted by atomic mass is 35.5. The van der Waals surface area contributed by atoms with Crippen LogP contribution >= 0.6 is 46.1 Å². The van der Waals surface area contributed by atoms with E-state index in [0.29, 0.717) is 50.3 Å². The highest BCUT2D eigenvalue weighted by Gasteiger charge is 2.37. The summed E-state index contributed by atoms with van der Waals surface area (Å²) in [5, 5.41) is 13.6. The Kier molecular flexibility index (Phi) is 8.31. The number of halogens is 3. The zero-order valence-corrected chi connectivity index (χ0v) is 21.5. The number of carbonyl (C=O) groups excluding carboxylic acids is 1. The van der Waals surface area contributed by atoms with Crippen molar-refractivity contribution in [3.63, 3.8) is 0 Å². The number of ether oxygens (including phenoxy) is 2. The molecule has 2 aliphatic rings. The maximum atomic E-state index is 13.2. The SMILES string of the molecule is CCOC(=O)C1=C(CN2CCOCC2C(=O)O)NC(c2ncsc2Cl)=NC1c1ccc(Cl)cc1Cl. The minimum Gasteiger partial charge on any atom is -0.480 e. The molecule has 186 valence electrons. The average Bonchev–Trinajstić information content (AvgIpc) is 3.25. The third kappa shape index (κ3) is 5.63. The zero-order chi connectivity index (χ0) is 25.1. The number of morpholine rings is 1. The number of esters is 1. The molecular weight excluding hydrogens is 539 g/mol. The molecule has 2 aromatic rings. The lowest BCUT2D eigenvalue weighted by Crippen LogP contribution is -2.52. The van der Waals surface area contributed by atoms with Crippen molar-refractivity contribution >= 4 is 63.9 Å². The van der Waals surface area contributed by atoms with Gasteiger partial charge in [0, 0.05) is 34.4 Å².